The first-order valence-corrected chi connectivity index (χ1v) is 6.91. The Morgan fingerprint density at radius 3 is 3.05 bits per heavy atom. The fourth-order valence-corrected chi connectivity index (χ4v) is 3.67. The van der Waals surface area contributed by atoms with Crippen LogP contribution in [0, 0.1) is 0 Å². The molecule has 1 heterocycles. The second-order valence-corrected chi connectivity index (χ2v) is 5.56. The van der Waals surface area contributed by atoms with Crippen LogP contribution in [-0.2, 0) is 11.8 Å². The van der Waals surface area contributed by atoms with Crippen molar-refractivity contribution >= 4 is 0 Å². The summed E-state index contributed by atoms with van der Waals surface area (Å²) in [4.78, 5) is 2.39. The zero-order valence-corrected chi connectivity index (χ0v) is 11.8. The summed E-state index contributed by atoms with van der Waals surface area (Å²) in [7, 11) is 3.93. The maximum atomic E-state index is 5.42. The van der Waals surface area contributed by atoms with Gasteiger partial charge in [-0.05, 0) is 42.5 Å². The largest absolute Gasteiger partial charge is 0.497 e. The Morgan fingerprint density at radius 2 is 2.32 bits per heavy atom. The molecule has 1 aliphatic carbocycles. The molecule has 1 unspecified atom stereocenters. The molecule has 2 nitrogen and oxygen atoms in total. The van der Waals surface area contributed by atoms with E-state index in [1.807, 2.05) is 0 Å². The van der Waals surface area contributed by atoms with Gasteiger partial charge in [0, 0.05) is 24.7 Å². The van der Waals surface area contributed by atoms with Crippen LogP contribution < -0.4 is 4.74 Å². The molecule has 0 spiro atoms. The molecular weight excluding hydrogens is 234 g/mol. The third kappa shape index (κ3) is 1.70. The Bertz CT molecular complexity index is 546. The van der Waals surface area contributed by atoms with E-state index in [1.165, 1.54) is 23.2 Å². The molecule has 1 atom stereocenters. The number of nitrogens with zero attached hydrogens (tertiary/aromatic N) is 1. The van der Waals surface area contributed by atoms with Crippen LogP contribution in [0.2, 0.25) is 0 Å². The molecule has 1 saturated heterocycles. The summed E-state index contributed by atoms with van der Waals surface area (Å²) in [6, 6.07) is 6.51. The summed E-state index contributed by atoms with van der Waals surface area (Å²) in [5, 5.41) is 0. The standard InChI is InChI=1S/C17H21NO/c1-4-9-17-10-11-18(2)16(17)8-6-13-5-7-14(19-3)12-15(13)17/h4-5,7-8,12H,1,6,9-11H2,2-3H3. The van der Waals surface area contributed by atoms with Crippen molar-refractivity contribution < 1.29 is 4.74 Å². The van der Waals surface area contributed by atoms with Crippen LogP contribution >= 0.6 is 0 Å². The van der Waals surface area contributed by atoms with Gasteiger partial charge in [0.05, 0.1) is 7.11 Å². The van der Waals surface area contributed by atoms with E-state index >= 15 is 0 Å². The normalized spacial score (nSPS) is 24.5. The third-order valence-corrected chi connectivity index (χ3v) is 4.62. The van der Waals surface area contributed by atoms with Gasteiger partial charge in [0.15, 0.2) is 0 Å². The highest BCUT2D eigenvalue weighted by atomic mass is 16.5. The summed E-state index contributed by atoms with van der Waals surface area (Å²) >= 11 is 0. The predicted molar refractivity (Wildman–Crippen MR) is 78.5 cm³/mol. The molecule has 0 radical (unpaired) electrons. The number of likely N-dealkylation sites (tertiary alicyclic amines) is 1. The molecule has 1 aromatic carbocycles. The van der Waals surface area contributed by atoms with Crippen molar-refractivity contribution in [1.82, 2.24) is 4.90 Å². The van der Waals surface area contributed by atoms with Gasteiger partial charge in [-0.3, -0.25) is 0 Å². The minimum atomic E-state index is 0.124. The number of fused-ring (bicyclic) bond motifs is 3. The molecule has 1 fully saturated rings. The van der Waals surface area contributed by atoms with Crippen LogP contribution in [0.5, 0.6) is 5.75 Å². The Kier molecular flexibility index (Phi) is 2.89. The molecule has 3 rings (SSSR count). The lowest BCUT2D eigenvalue weighted by molar-refractivity contribution is 0.409. The highest BCUT2D eigenvalue weighted by Gasteiger charge is 2.44. The molecule has 1 aromatic rings. The summed E-state index contributed by atoms with van der Waals surface area (Å²) in [5.41, 5.74) is 4.46. The van der Waals surface area contributed by atoms with Gasteiger partial charge < -0.3 is 9.64 Å². The number of hydrogen-bond acceptors (Lipinski definition) is 2. The van der Waals surface area contributed by atoms with Gasteiger partial charge in [-0.1, -0.05) is 18.2 Å². The van der Waals surface area contributed by atoms with Gasteiger partial charge in [0.1, 0.15) is 5.75 Å². The average molecular weight is 255 g/mol. The number of likely N-dealkylation sites (N-methyl/N-ethyl adjacent to an activating group) is 1. The molecule has 0 bridgehead atoms. The Labute approximate surface area is 115 Å². The van der Waals surface area contributed by atoms with E-state index in [-0.39, 0.29) is 5.41 Å². The topological polar surface area (TPSA) is 12.5 Å². The predicted octanol–water partition coefficient (Wildman–Crippen LogP) is 3.28. The minimum Gasteiger partial charge on any atom is -0.497 e. The van der Waals surface area contributed by atoms with Crippen molar-refractivity contribution in [3.8, 4) is 5.75 Å². The second kappa shape index (κ2) is 4.44. The number of ether oxygens (including phenoxy) is 1. The van der Waals surface area contributed by atoms with Crippen molar-refractivity contribution in [2.24, 2.45) is 0 Å². The van der Waals surface area contributed by atoms with Gasteiger partial charge in [-0.25, -0.2) is 0 Å². The maximum absolute atomic E-state index is 5.42. The highest BCUT2D eigenvalue weighted by molar-refractivity contribution is 5.51. The fourth-order valence-electron chi connectivity index (χ4n) is 3.67. The van der Waals surface area contributed by atoms with E-state index in [0.717, 1.165) is 25.1 Å². The average Bonchev–Trinajstić information content (AvgIpc) is 2.77. The number of methoxy groups -OCH3 is 1. The van der Waals surface area contributed by atoms with Crippen molar-refractivity contribution in [3.63, 3.8) is 0 Å². The first-order chi connectivity index (χ1) is 9.21. The third-order valence-electron chi connectivity index (χ3n) is 4.62. The van der Waals surface area contributed by atoms with Crippen LogP contribution in [0.1, 0.15) is 24.0 Å². The van der Waals surface area contributed by atoms with Crippen LogP contribution in [-0.4, -0.2) is 25.6 Å². The SMILES string of the molecule is C=CCC12CCN(C)C1=CCc1ccc(OC)cc12. The van der Waals surface area contributed by atoms with Gasteiger partial charge in [0.25, 0.3) is 0 Å². The Balaban J connectivity index is 2.17. The molecular formula is C17H21NO. The molecule has 2 heteroatoms. The number of allylic oxidation sites excluding steroid dienone is 3. The van der Waals surface area contributed by atoms with Gasteiger partial charge in [0.2, 0.25) is 0 Å². The summed E-state index contributed by atoms with van der Waals surface area (Å²) in [5.74, 6) is 0.956. The van der Waals surface area contributed by atoms with E-state index in [0.29, 0.717) is 0 Å². The minimum absolute atomic E-state index is 0.124. The van der Waals surface area contributed by atoms with E-state index in [9.17, 15) is 0 Å². The van der Waals surface area contributed by atoms with E-state index in [4.69, 9.17) is 4.74 Å². The number of benzene rings is 1. The van der Waals surface area contributed by atoms with Crippen molar-refractivity contribution in [1.29, 1.82) is 0 Å². The summed E-state index contributed by atoms with van der Waals surface area (Å²) in [6.07, 6.45) is 7.65. The molecule has 0 amide bonds. The Morgan fingerprint density at radius 1 is 1.47 bits per heavy atom. The van der Waals surface area contributed by atoms with Crippen molar-refractivity contribution in [3.05, 3.63) is 53.8 Å². The molecule has 0 aromatic heterocycles. The van der Waals surface area contributed by atoms with Gasteiger partial charge in [-0.15, -0.1) is 6.58 Å². The maximum Gasteiger partial charge on any atom is 0.119 e. The molecule has 0 saturated carbocycles. The second-order valence-electron chi connectivity index (χ2n) is 5.56. The lowest BCUT2D eigenvalue weighted by Gasteiger charge is -2.36. The fraction of sp³-hybridized carbons (Fsp3) is 0.412. The van der Waals surface area contributed by atoms with Crippen LogP contribution in [0.25, 0.3) is 0 Å². The summed E-state index contributed by atoms with van der Waals surface area (Å²) in [6.45, 7) is 5.09. The van der Waals surface area contributed by atoms with Crippen LogP contribution in [0.4, 0.5) is 0 Å². The van der Waals surface area contributed by atoms with E-state index in [2.05, 4.69) is 48.9 Å². The van der Waals surface area contributed by atoms with Crippen LogP contribution in [0.3, 0.4) is 0 Å². The zero-order valence-electron chi connectivity index (χ0n) is 11.8. The lowest BCUT2D eigenvalue weighted by Crippen LogP contribution is -2.31. The van der Waals surface area contributed by atoms with Crippen molar-refractivity contribution in [2.75, 3.05) is 20.7 Å². The first kappa shape index (κ1) is 12.3. The number of hydrogen-bond donors (Lipinski definition) is 0. The molecule has 100 valence electrons. The quantitative estimate of drug-likeness (QED) is 0.769. The van der Waals surface area contributed by atoms with E-state index < -0.39 is 0 Å². The Hall–Kier alpha value is -1.70. The van der Waals surface area contributed by atoms with Gasteiger partial charge >= 0.3 is 0 Å². The zero-order chi connectivity index (χ0) is 13.5. The van der Waals surface area contributed by atoms with Crippen LogP contribution in [0.15, 0.2) is 42.6 Å². The highest BCUT2D eigenvalue weighted by Crippen LogP contribution is 2.49. The van der Waals surface area contributed by atoms with E-state index in [1.54, 1.807) is 7.11 Å². The molecule has 0 N–H and O–H groups in total. The summed E-state index contributed by atoms with van der Waals surface area (Å²) < 4.78 is 5.42. The smallest absolute Gasteiger partial charge is 0.119 e. The lowest BCUT2D eigenvalue weighted by atomic mass is 9.69. The molecule has 2 aliphatic rings. The van der Waals surface area contributed by atoms with Gasteiger partial charge in [-0.2, -0.15) is 0 Å². The molecule has 1 aliphatic heterocycles. The molecule has 19 heavy (non-hydrogen) atoms. The number of rotatable bonds is 3. The first-order valence-electron chi connectivity index (χ1n) is 6.91. The van der Waals surface area contributed by atoms with Crippen molar-refractivity contribution in [2.45, 2.75) is 24.7 Å². The monoisotopic (exact) mass is 255 g/mol.